The summed E-state index contributed by atoms with van der Waals surface area (Å²) in [7, 11) is 0. The van der Waals surface area contributed by atoms with E-state index >= 15 is 0 Å². The molecule has 0 aliphatic carbocycles. The highest BCUT2D eigenvalue weighted by Crippen LogP contribution is 2.52. The molecule has 2 amide bonds. The summed E-state index contributed by atoms with van der Waals surface area (Å²) in [5.74, 6) is -3.95. The van der Waals surface area contributed by atoms with Crippen molar-refractivity contribution in [1.82, 2.24) is 5.32 Å². The van der Waals surface area contributed by atoms with Crippen LogP contribution in [-0.2, 0) is 20.8 Å². The SMILES string of the molecule is Cc1ccccc1N1C(=O)C2C(c3ccc(Cl)s3)NC(Cc3ccccc3)(C(=O)O)C2C1=O. The minimum absolute atomic E-state index is 0.0700. The molecule has 4 atom stereocenters. The Morgan fingerprint density at radius 1 is 1.06 bits per heavy atom. The Morgan fingerprint density at radius 3 is 2.39 bits per heavy atom. The van der Waals surface area contributed by atoms with E-state index in [0.717, 1.165) is 16.0 Å². The molecule has 33 heavy (non-hydrogen) atoms. The fourth-order valence-electron chi connectivity index (χ4n) is 5.15. The van der Waals surface area contributed by atoms with E-state index in [4.69, 9.17) is 11.6 Å². The molecule has 8 heteroatoms. The monoisotopic (exact) mass is 480 g/mol. The van der Waals surface area contributed by atoms with Crippen LogP contribution in [0.4, 0.5) is 5.69 Å². The first-order chi connectivity index (χ1) is 15.8. The lowest BCUT2D eigenvalue weighted by molar-refractivity contribution is -0.148. The van der Waals surface area contributed by atoms with Gasteiger partial charge in [0.25, 0.3) is 0 Å². The molecule has 2 N–H and O–H groups in total. The third-order valence-electron chi connectivity index (χ3n) is 6.62. The number of para-hydroxylation sites is 1. The fraction of sp³-hybridized carbons (Fsp3) is 0.240. The summed E-state index contributed by atoms with van der Waals surface area (Å²) >= 11 is 7.45. The number of rotatable bonds is 5. The zero-order valence-corrected chi connectivity index (χ0v) is 19.3. The molecule has 0 saturated carbocycles. The van der Waals surface area contributed by atoms with Gasteiger partial charge in [-0.25, -0.2) is 4.90 Å². The van der Waals surface area contributed by atoms with Crippen molar-refractivity contribution in [2.24, 2.45) is 11.8 Å². The molecule has 2 aliphatic heterocycles. The number of carboxylic acid groups (broad SMARTS) is 1. The van der Waals surface area contributed by atoms with Gasteiger partial charge in [-0.2, -0.15) is 0 Å². The van der Waals surface area contributed by atoms with Gasteiger partial charge in [0.2, 0.25) is 11.8 Å². The molecular weight excluding hydrogens is 460 g/mol. The molecule has 0 spiro atoms. The molecule has 3 heterocycles. The van der Waals surface area contributed by atoms with Crippen LogP contribution in [0.1, 0.15) is 22.0 Å². The minimum Gasteiger partial charge on any atom is -0.480 e. The van der Waals surface area contributed by atoms with Crippen LogP contribution >= 0.6 is 22.9 Å². The third-order valence-corrected chi connectivity index (χ3v) is 7.93. The Morgan fingerprint density at radius 2 is 1.76 bits per heavy atom. The van der Waals surface area contributed by atoms with E-state index in [1.165, 1.54) is 16.2 Å². The number of carbonyl (C=O) groups excluding carboxylic acids is 2. The van der Waals surface area contributed by atoms with Crippen molar-refractivity contribution in [3.8, 4) is 0 Å². The lowest BCUT2D eigenvalue weighted by Gasteiger charge is -2.31. The Kier molecular flexibility index (Phi) is 5.35. The van der Waals surface area contributed by atoms with Crippen molar-refractivity contribution >= 4 is 46.4 Å². The van der Waals surface area contributed by atoms with Crippen LogP contribution in [0.2, 0.25) is 4.34 Å². The molecule has 6 nitrogen and oxygen atoms in total. The molecule has 2 aliphatic rings. The molecule has 2 fully saturated rings. The van der Waals surface area contributed by atoms with Gasteiger partial charge >= 0.3 is 5.97 Å². The van der Waals surface area contributed by atoms with Crippen LogP contribution < -0.4 is 10.2 Å². The lowest BCUT2D eigenvalue weighted by Crippen LogP contribution is -2.57. The van der Waals surface area contributed by atoms with Gasteiger partial charge in [-0.15, -0.1) is 11.3 Å². The molecular formula is C25H21ClN2O4S. The molecule has 3 aromatic rings. The van der Waals surface area contributed by atoms with Gasteiger partial charge < -0.3 is 5.11 Å². The molecule has 4 unspecified atom stereocenters. The summed E-state index contributed by atoms with van der Waals surface area (Å²) in [6.07, 6.45) is 0.0700. The number of hydrogen-bond acceptors (Lipinski definition) is 5. The quantitative estimate of drug-likeness (QED) is 0.534. The molecule has 0 bridgehead atoms. The predicted molar refractivity (Wildman–Crippen MR) is 126 cm³/mol. The number of thiophene rings is 1. The second-order valence-electron chi connectivity index (χ2n) is 8.50. The van der Waals surface area contributed by atoms with Gasteiger partial charge in [-0.3, -0.25) is 19.7 Å². The second-order valence-corrected chi connectivity index (χ2v) is 10.3. The summed E-state index contributed by atoms with van der Waals surface area (Å²) in [4.78, 5) is 42.3. The zero-order valence-electron chi connectivity index (χ0n) is 17.7. The number of imide groups is 1. The van der Waals surface area contributed by atoms with E-state index in [2.05, 4.69) is 5.32 Å². The first-order valence-corrected chi connectivity index (χ1v) is 11.8. The summed E-state index contributed by atoms with van der Waals surface area (Å²) in [5, 5.41) is 13.7. The van der Waals surface area contributed by atoms with E-state index in [9.17, 15) is 19.5 Å². The number of aryl methyl sites for hydroxylation is 1. The normalized spacial score (nSPS) is 26.6. The second kappa shape index (κ2) is 8.09. The van der Waals surface area contributed by atoms with Crippen molar-refractivity contribution in [3.05, 3.63) is 87.1 Å². The topological polar surface area (TPSA) is 86.7 Å². The van der Waals surface area contributed by atoms with Crippen LogP contribution in [0.5, 0.6) is 0 Å². The largest absolute Gasteiger partial charge is 0.480 e. The Hall–Kier alpha value is -3.00. The third kappa shape index (κ3) is 3.39. The number of fused-ring (bicyclic) bond motifs is 1. The van der Waals surface area contributed by atoms with E-state index in [-0.39, 0.29) is 6.42 Å². The van der Waals surface area contributed by atoms with Crippen molar-refractivity contribution < 1.29 is 19.5 Å². The lowest BCUT2D eigenvalue weighted by atomic mass is 9.76. The van der Waals surface area contributed by atoms with E-state index in [1.807, 2.05) is 49.4 Å². The van der Waals surface area contributed by atoms with Crippen LogP contribution in [0.25, 0.3) is 0 Å². The van der Waals surface area contributed by atoms with Crippen LogP contribution in [-0.4, -0.2) is 28.4 Å². The highest BCUT2D eigenvalue weighted by Gasteiger charge is 2.68. The smallest absolute Gasteiger partial charge is 0.325 e. The number of nitrogens with one attached hydrogen (secondary N) is 1. The van der Waals surface area contributed by atoms with Gasteiger partial charge in [-0.1, -0.05) is 60.1 Å². The van der Waals surface area contributed by atoms with Crippen molar-refractivity contribution in [2.45, 2.75) is 24.9 Å². The number of halogens is 1. The average Bonchev–Trinajstić information content (AvgIpc) is 3.44. The maximum atomic E-state index is 13.8. The van der Waals surface area contributed by atoms with Crippen molar-refractivity contribution in [3.63, 3.8) is 0 Å². The first kappa shape index (κ1) is 21.8. The summed E-state index contributed by atoms with van der Waals surface area (Å²) in [6, 6.07) is 19.2. The molecule has 2 aromatic carbocycles. The first-order valence-electron chi connectivity index (χ1n) is 10.6. The van der Waals surface area contributed by atoms with Gasteiger partial charge in [0.15, 0.2) is 0 Å². The number of nitrogens with zero attached hydrogens (tertiary/aromatic N) is 1. The molecule has 1 aromatic heterocycles. The van der Waals surface area contributed by atoms with Crippen LogP contribution in [0.3, 0.4) is 0 Å². The molecule has 168 valence electrons. The number of amides is 2. The van der Waals surface area contributed by atoms with Gasteiger partial charge in [0.05, 0.1) is 27.9 Å². The summed E-state index contributed by atoms with van der Waals surface area (Å²) in [5.41, 5.74) is 0.387. The van der Waals surface area contributed by atoms with E-state index in [1.54, 1.807) is 24.3 Å². The van der Waals surface area contributed by atoms with E-state index in [0.29, 0.717) is 10.0 Å². The van der Waals surface area contributed by atoms with Gasteiger partial charge in [0.1, 0.15) is 5.54 Å². The number of hydrogen-bond donors (Lipinski definition) is 2. The summed E-state index contributed by atoms with van der Waals surface area (Å²) < 4.78 is 0.534. The maximum Gasteiger partial charge on any atom is 0.325 e. The number of aliphatic carboxylic acids is 1. The number of anilines is 1. The maximum absolute atomic E-state index is 13.8. The highest BCUT2D eigenvalue weighted by molar-refractivity contribution is 7.16. The van der Waals surface area contributed by atoms with E-state index < -0.39 is 41.2 Å². The highest BCUT2D eigenvalue weighted by atomic mass is 35.5. The molecule has 2 saturated heterocycles. The minimum atomic E-state index is -1.64. The van der Waals surface area contributed by atoms with Gasteiger partial charge in [-0.05, 0) is 36.2 Å². The fourth-order valence-corrected chi connectivity index (χ4v) is 6.31. The standard InChI is InChI=1S/C25H21ClN2O4S/c1-14-7-5-6-10-16(14)28-22(29)19-20(23(28)30)25(24(31)32,13-15-8-3-2-4-9-15)27-21(19)17-11-12-18(26)33-17/h2-12,19-21,27H,13H2,1H3,(H,31,32). The summed E-state index contributed by atoms with van der Waals surface area (Å²) in [6.45, 7) is 1.83. The van der Waals surface area contributed by atoms with Crippen LogP contribution in [0, 0.1) is 18.8 Å². The Bertz CT molecular complexity index is 1260. The predicted octanol–water partition coefficient (Wildman–Crippen LogP) is 4.23. The zero-order chi connectivity index (χ0) is 23.3. The van der Waals surface area contributed by atoms with Crippen LogP contribution in [0.15, 0.2) is 66.7 Å². The molecule has 5 rings (SSSR count). The Balaban J connectivity index is 1.67. The number of benzene rings is 2. The Labute approximate surface area is 199 Å². The molecule has 0 radical (unpaired) electrons. The number of carbonyl (C=O) groups is 3. The van der Waals surface area contributed by atoms with Crippen molar-refractivity contribution in [1.29, 1.82) is 0 Å². The van der Waals surface area contributed by atoms with Gasteiger partial charge in [0, 0.05) is 11.3 Å². The van der Waals surface area contributed by atoms with Crippen molar-refractivity contribution in [2.75, 3.05) is 4.90 Å². The average molecular weight is 481 g/mol. The number of carboxylic acids is 1.